The van der Waals surface area contributed by atoms with Gasteiger partial charge in [-0.15, -0.1) is 0 Å². The van der Waals surface area contributed by atoms with Crippen LogP contribution in [0.1, 0.15) is 16.1 Å². The van der Waals surface area contributed by atoms with E-state index in [0.29, 0.717) is 11.6 Å². The molecule has 0 unspecified atom stereocenters. The molecule has 0 bridgehead atoms. The minimum Gasteiger partial charge on any atom is -0.439 e. The predicted octanol–water partition coefficient (Wildman–Crippen LogP) is 3.04. The number of nitrogens with zero attached hydrogens (tertiary/aromatic N) is 1. The fourth-order valence-corrected chi connectivity index (χ4v) is 1.75. The lowest BCUT2D eigenvalue weighted by Gasteiger charge is -2.08. The van der Waals surface area contributed by atoms with Crippen molar-refractivity contribution in [1.29, 1.82) is 0 Å². The summed E-state index contributed by atoms with van der Waals surface area (Å²) in [6, 6.07) is 10.6. The van der Waals surface area contributed by atoms with Crippen molar-refractivity contribution in [1.82, 2.24) is 4.98 Å². The second-order valence-corrected chi connectivity index (χ2v) is 4.65. The molecule has 0 spiro atoms. The molecule has 5 heteroatoms. The molecule has 2 N–H and O–H groups in total. The molecule has 0 saturated heterocycles. The summed E-state index contributed by atoms with van der Waals surface area (Å²) in [6.07, 6.45) is 0. The second kappa shape index (κ2) is 5.18. The molecule has 1 amide bonds. The number of ether oxygens (including phenoxy) is 1. The van der Waals surface area contributed by atoms with E-state index in [9.17, 15) is 4.79 Å². The SMILES string of the molecule is Cc1ccc(Br)cc1Oc1cccc(C(N)=O)n1. The zero-order valence-corrected chi connectivity index (χ0v) is 11.3. The Bertz CT molecular complexity index is 599. The van der Waals surface area contributed by atoms with Crippen molar-refractivity contribution in [3.63, 3.8) is 0 Å². The third-order valence-corrected chi connectivity index (χ3v) is 2.83. The van der Waals surface area contributed by atoms with Crippen molar-refractivity contribution in [2.75, 3.05) is 0 Å². The number of carbonyl (C=O) groups is 1. The van der Waals surface area contributed by atoms with Crippen LogP contribution in [0.15, 0.2) is 40.9 Å². The number of carbonyl (C=O) groups excluding carboxylic acids is 1. The molecule has 0 saturated carbocycles. The first-order valence-electron chi connectivity index (χ1n) is 5.27. The number of benzene rings is 1. The van der Waals surface area contributed by atoms with Crippen LogP contribution in [0.5, 0.6) is 11.6 Å². The van der Waals surface area contributed by atoms with Crippen molar-refractivity contribution in [2.24, 2.45) is 5.73 Å². The topological polar surface area (TPSA) is 65.2 Å². The van der Waals surface area contributed by atoms with Crippen LogP contribution >= 0.6 is 15.9 Å². The van der Waals surface area contributed by atoms with Gasteiger partial charge in [-0.2, -0.15) is 0 Å². The van der Waals surface area contributed by atoms with Crippen LogP contribution < -0.4 is 10.5 Å². The Kier molecular flexibility index (Phi) is 3.62. The van der Waals surface area contributed by atoms with Gasteiger partial charge in [0, 0.05) is 10.5 Å². The average molecular weight is 307 g/mol. The minimum absolute atomic E-state index is 0.181. The molecule has 18 heavy (non-hydrogen) atoms. The number of rotatable bonds is 3. The fourth-order valence-electron chi connectivity index (χ4n) is 1.41. The van der Waals surface area contributed by atoms with E-state index in [1.807, 2.05) is 25.1 Å². The number of hydrogen-bond acceptors (Lipinski definition) is 3. The first-order chi connectivity index (χ1) is 8.56. The minimum atomic E-state index is -0.577. The first-order valence-corrected chi connectivity index (χ1v) is 6.06. The molecular weight excluding hydrogens is 296 g/mol. The van der Waals surface area contributed by atoms with E-state index in [1.165, 1.54) is 0 Å². The van der Waals surface area contributed by atoms with Crippen molar-refractivity contribution >= 4 is 21.8 Å². The molecule has 1 aromatic heterocycles. The maximum atomic E-state index is 11.0. The van der Waals surface area contributed by atoms with E-state index in [0.717, 1.165) is 10.0 Å². The van der Waals surface area contributed by atoms with E-state index in [-0.39, 0.29) is 5.69 Å². The number of nitrogens with two attached hydrogens (primary N) is 1. The Morgan fingerprint density at radius 2 is 2.11 bits per heavy atom. The van der Waals surface area contributed by atoms with Gasteiger partial charge >= 0.3 is 0 Å². The molecule has 0 aliphatic heterocycles. The number of hydrogen-bond donors (Lipinski definition) is 1. The van der Waals surface area contributed by atoms with Gasteiger partial charge in [0.25, 0.3) is 5.91 Å². The van der Waals surface area contributed by atoms with Gasteiger partial charge in [0.05, 0.1) is 0 Å². The Morgan fingerprint density at radius 1 is 1.33 bits per heavy atom. The van der Waals surface area contributed by atoms with Gasteiger partial charge in [-0.05, 0) is 30.7 Å². The smallest absolute Gasteiger partial charge is 0.267 e. The number of aryl methyl sites for hydroxylation is 1. The molecule has 1 aromatic carbocycles. The average Bonchev–Trinajstić information content (AvgIpc) is 2.34. The van der Waals surface area contributed by atoms with Crippen LogP contribution in [0.4, 0.5) is 0 Å². The lowest BCUT2D eigenvalue weighted by molar-refractivity contribution is 0.0995. The van der Waals surface area contributed by atoms with E-state index in [1.54, 1.807) is 18.2 Å². The summed E-state index contributed by atoms with van der Waals surface area (Å²) >= 11 is 3.37. The highest BCUT2D eigenvalue weighted by Gasteiger charge is 2.06. The number of primary amides is 1. The highest BCUT2D eigenvalue weighted by Crippen LogP contribution is 2.27. The van der Waals surface area contributed by atoms with Gasteiger partial charge in [0.15, 0.2) is 0 Å². The Balaban J connectivity index is 2.31. The van der Waals surface area contributed by atoms with Crippen LogP contribution in [0.3, 0.4) is 0 Å². The normalized spacial score (nSPS) is 10.1. The Morgan fingerprint density at radius 3 is 2.83 bits per heavy atom. The van der Waals surface area contributed by atoms with Gasteiger partial charge in [0.2, 0.25) is 5.88 Å². The quantitative estimate of drug-likeness (QED) is 0.948. The molecule has 0 radical (unpaired) electrons. The van der Waals surface area contributed by atoms with Gasteiger partial charge in [0.1, 0.15) is 11.4 Å². The fraction of sp³-hybridized carbons (Fsp3) is 0.0769. The molecule has 0 atom stereocenters. The maximum absolute atomic E-state index is 11.0. The molecule has 0 aliphatic carbocycles. The molecule has 2 aromatic rings. The number of amides is 1. The molecule has 2 rings (SSSR count). The maximum Gasteiger partial charge on any atom is 0.267 e. The number of halogens is 1. The Hall–Kier alpha value is -1.88. The van der Waals surface area contributed by atoms with Crippen LogP contribution in [0.2, 0.25) is 0 Å². The lowest BCUT2D eigenvalue weighted by atomic mass is 10.2. The molecule has 4 nitrogen and oxygen atoms in total. The summed E-state index contributed by atoms with van der Waals surface area (Å²) < 4.78 is 6.54. The van der Waals surface area contributed by atoms with Crippen molar-refractivity contribution in [2.45, 2.75) is 6.92 Å². The third-order valence-electron chi connectivity index (χ3n) is 2.34. The first kappa shape index (κ1) is 12.6. The molecule has 1 heterocycles. The van der Waals surface area contributed by atoms with E-state index in [4.69, 9.17) is 10.5 Å². The second-order valence-electron chi connectivity index (χ2n) is 3.74. The predicted molar refractivity (Wildman–Crippen MR) is 71.7 cm³/mol. The van der Waals surface area contributed by atoms with Crippen LogP contribution in [0, 0.1) is 6.92 Å². The van der Waals surface area contributed by atoms with Crippen molar-refractivity contribution in [3.8, 4) is 11.6 Å². The zero-order valence-electron chi connectivity index (χ0n) is 9.68. The van der Waals surface area contributed by atoms with Gasteiger partial charge in [-0.25, -0.2) is 4.98 Å². The molecule has 0 fully saturated rings. The number of aromatic nitrogens is 1. The summed E-state index contributed by atoms with van der Waals surface area (Å²) in [5, 5.41) is 0. The highest BCUT2D eigenvalue weighted by atomic mass is 79.9. The van der Waals surface area contributed by atoms with Crippen LogP contribution in [0.25, 0.3) is 0 Å². The van der Waals surface area contributed by atoms with Crippen LogP contribution in [-0.2, 0) is 0 Å². The molecule has 0 aliphatic rings. The zero-order chi connectivity index (χ0) is 13.1. The molecule has 92 valence electrons. The summed E-state index contributed by atoms with van der Waals surface area (Å²) in [6.45, 7) is 1.93. The summed E-state index contributed by atoms with van der Waals surface area (Å²) in [4.78, 5) is 15.0. The summed E-state index contributed by atoms with van der Waals surface area (Å²) in [7, 11) is 0. The highest BCUT2D eigenvalue weighted by molar-refractivity contribution is 9.10. The van der Waals surface area contributed by atoms with Gasteiger partial charge in [-0.3, -0.25) is 4.79 Å². The number of pyridine rings is 1. The third kappa shape index (κ3) is 2.87. The van der Waals surface area contributed by atoms with Crippen molar-refractivity contribution < 1.29 is 9.53 Å². The van der Waals surface area contributed by atoms with E-state index < -0.39 is 5.91 Å². The molecular formula is C13H11BrN2O2. The monoisotopic (exact) mass is 306 g/mol. The van der Waals surface area contributed by atoms with Gasteiger partial charge < -0.3 is 10.5 Å². The van der Waals surface area contributed by atoms with E-state index >= 15 is 0 Å². The Labute approximate surface area is 113 Å². The summed E-state index contributed by atoms with van der Waals surface area (Å²) in [5.74, 6) is 0.442. The van der Waals surface area contributed by atoms with Crippen LogP contribution in [-0.4, -0.2) is 10.9 Å². The summed E-state index contributed by atoms with van der Waals surface area (Å²) in [5.41, 5.74) is 6.32. The van der Waals surface area contributed by atoms with Crippen molar-refractivity contribution in [3.05, 3.63) is 52.1 Å². The van der Waals surface area contributed by atoms with Gasteiger partial charge in [-0.1, -0.05) is 28.1 Å². The largest absolute Gasteiger partial charge is 0.439 e. The van der Waals surface area contributed by atoms with E-state index in [2.05, 4.69) is 20.9 Å². The lowest BCUT2D eigenvalue weighted by Crippen LogP contribution is -2.12. The standard InChI is InChI=1S/C13H11BrN2O2/c1-8-5-6-9(14)7-11(8)18-12-4-2-3-10(16-12)13(15)17/h2-7H,1H3,(H2,15,17).